The van der Waals surface area contributed by atoms with Crippen LogP contribution in [0.25, 0.3) is 0 Å². The van der Waals surface area contributed by atoms with E-state index in [1.165, 1.54) is 12.3 Å². The summed E-state index contributed by atoms with van der Waals surface area (Å²) in [7, 11) is -0.658. The summed E-state index contributed by atoms with van der Waals surface area (Å²) >= 11 is 0. The Bertz CT molecular complexity index is 652. The van der Waals surface area contributed by atoms with Gasteiger partial charge in [0.15, 0.2) is 0 Å². The number of hydrogen-bond acceptors (Lipinski definition) is 5. The molecule has 1 aromatic heterocycles. The molecule has 2 saturated heterocycles. The Kier molecular flexibility index (Phi) is 2.13. The van der Waals surface area contributed by atoms with Gasteiger partial charge in [-0.3, -0.25) is 4.98 Å². The van der Waals surface area contributed by atoms with Crippen molar-refractivity contribution in [2.24, 2.45) is 0 Å². The van der Waals surface area contributed by atoms with Crippen LogP contribution >= 0.6 is 0 Å². The molecule has 2 aliphatic rings. The van der Waals surface area contributed by atoms with E-state index in [4.69, 9.17) is 20.9 Å². The molecule has 0 aromatic carbocycles. The Morgan fingerprint density at radius 2 is 1.95 bits per heavy atom. The van der Waals surface area contributed by atoms with Gasteiger partial charge >= 0.3 is 7.12 Å². The van der Waals surface area contributed by atoms with Crippen LogP contribution in [0.15, 0.2) is 18.3 Å². The molecule has 0 aliphatic carbocycles. The predicted octanol–water partition coefficient (Wildman–Crippen LogP) is 1.16. The number of nitrogens with zero attached hydrogens (tertiary/aromatic N) is 1. The van der Waals surface area contributed by atoms with Crippen LogP contribution in [0.1, 0.15) is 34.5 Å². The predicted molar refractivity (Wildman–Crippen MR) is 75.2 cm³/mol. The van der Waals surface area contributed by atoms with Crippen molar-refractivity contribution in [1.29, 1.82) is 0 Å². The van der Waals surface area contributed by atoms with Crippen LogP contribution in [0.3, 0.4) is 0 Å². The van der Waals surface area contributed by atoms with Crippen molar-refractivity contribution < 1.29 is 25.6 Å². The SMILES string of the molecule is [2H]C1([2H])OC([2H])([2H])C1([2H])Oc1ccc(B2OC(C)(C)C(C)(C)O2)nc1. The number of rotatable bonds is 3. The standard InChI is InChI=1S/C14H20BNO4/c1-13(2)14(3,4)20-15(19-13)12-6-5-10(7-16-12)18-11-8-17-9-11/h5-7,11H,8-9H2,1-4H3/i8D2,9D2,11D. The highest BCUT2D eigenvalue weighted by molar-refractivity contribution is 6.61. The summed E-state index contributed by atoms with van der Waals surface area (Å²) in [6.07, 6.45) is -1.24. The second kappa shape index (κ2) is 4.72. The molecule has 1 aromatic rings. The average molecular weight is 282 g/mol. The summed E-state index contributed by atoms with van der Waals surface area (Å²) in [6.45, 7) is 2.57. The van der Waals surface area contributed by atoms with Crippen LogP contribution in [0.2, 0.25) is 0 Å². The highest BCUT2D eigenvalue weighted by Gasteiger charge is 2.52. The molecule has 6 heteroatoms. The van der Waals surface area contributed by atoms with Gasteiger partial charge in [-0.2, -0.15) is 0 Å². The maximum absolute atomic E-state index is 7.96. The summed E-state index contributed by atoms with van der Waals surface area (Å²) < 4.78 is 59.5. The first-order valence-corrected chi connectivity index (χ1v) is 6.42. The smallest absolute Gasteiger partial charge is 0.484 e. The van der Waals surface area contributed by atoms with Crippen molar-refractivity contribution in [2.75, 3.05) is 13.1 Å². The fraction of sp³-hybridized carbons (Fsp3) is 0.643. The first-order chi connectivity index (χ1) is 11.2. The van der Waals surface area contributed by atoms with Gasteiger partial charge in [-0.05, 0) is 39.8 Å². The normalized spacial score (nSPS) is 34.8. The molecule has 0 N–H and O–H groups in total. The lowest BCUT2D eigenvalue weighted by Crippen LogP contribution is -2.41. The fourth-order valence-corrected chi connectivity index (χ4v) is 1.81. The molecule has 0 atom stereocenters. The summed E-state index contributed by atoms with van der Waals surface area (Å²) in [5, 5.41) is 0. The number of aromatic nitrogens is 1. The van der Waals surface area contributed by atoms with Crippen LogP contribution in [-0.4, -0.2) is 42.5 Å². The maximum atomic E-state index is 7.96. The van der Waals surface area contributed by atoms with Crippen LogP contribution in [0, 0.1) is 0 Å². The number of hydrogen-bond donors (Lipinski definition) is 0. The van der Waals surface area contributed by atoms with Crippen molar-refractivity contribution in [2.45, 2.75) is 45.0 Å². The Morgan fingerprint density at radius 3 is 2.45 bits per heavy atom. The third kappa shape index (κ3) is 2.43. The van der Waals surface area contributed by atoms with Crippen molar-refractivity contribution >= 4 is 12.7 Å². The summed E-state index contributed by atoms with van der Waals surface area (Å²) in [5.41, 5.74) is -0.509. The van der Waals surface area contributed by atoms with Gasteiger partial charge in [0.1, 0.15) is 11.8 Å². The molecule has 0 saturated carbocycles. The van der Waals surface area contributed by atoms with Crippen molar-refractivity contribution in [3.05, 3.63) is 18.3 Å². The lowest BCUT2D eigenvalue weighted by Gasteiger charge is -2.32. The molecular formula is C14H20BNO4. The van der Waals surface area contributed by atoms with Gasteiger partial charge in [0, 0.05) is 0 Å². The average Bonchev–Trinajstić information content (AvgIpc) is 2.66. The topological polar surface area (TPSA) is 49.8 Å². The monoisotopic (exact) mass is 282 g/mol. The molecule has 3 heterocycles. The molecule has 5 nitrogen and oxygen atoms in total. The molecule has 2 fully saturated rings. The number of pyridine rings is 1. The van der Waals surface area contributed by atoms with Crippen molar-refractivity contribution in [1.82, 2.24) is 4.98 Å². The molecule has 20 heavy (non-hydrogen) atoms. The molecule has 0 radical (unpaired) electrons. The van der Waals surface area contributed by atoms with E-state index in [0.717, 1.165) is 0 Å². The maximum Gasteiger partial charge on any atom is 0.514 e. The van der Waals surface area contributed by atoms with E-state index in [1.54, 1.807) is 6.07 Å². The Labute approximate surface area is 126 Å². The van der Waals surface area contributed by atoms with E-state index in [9.17, 15) is 0 Å². The van der Waals surface area contributed by atoms with E-state index >= 15 is 0 Å². The largest absolute Gasteiger partial charge is 0.514 e. The first kappa shape index (κ1) is 9.02. The van der Waals surface area contributed by atoms with Gasteiger partial charge in [-0.25, -0.2) is 0 Å². The minimum absolute atomic E-state index is 0.0475. The molecule has 0 amide bonds. The number of ether oxygens (including phenoxy) is 2. The molecule has 0 spiro atoms. The van der Waals surface area contributed by atoms with E-state index in [0.29, 0.717) is 5.59 Å². The van der Waals surface area contributed by atoms with E-state index in [1.807, 2.05) is 27.7 Å². The second-order valence-electron chi connectivity index (χ2n) is 5.74. The van der Waals surface area contributed by atoms with Crippen LogP contribution in [0.5, 0.6) is 5.75 Å². The van der Waals surface area contributed by atoms with Crippen LogP contribution < -0.4 is 10.3 Å². The molecule has 2 aliphatic heterocycles. The van der Waals surface area contributed by atoms with E-state index in [-0.39, 0.29) is 5.75 Å². The second-order valence-corrected chi connectivity index (χ2v) is 5.74. The van der Waals surface area contributed by atoms with Crippen LogP contribution in [0.4, 0.5) is 0 Å². The molecular weight excluding hydrogens is 257 g/mol. The quantitative estimate of drug-likeness (QED) is 0.779. The Morgan fingerprint density at radius 1 is 1.30 bits per heavy atom. The highest BCUT2D eigenvalue weighted by atomic mass is 16.7. The minimum Gasteiger partial charge on any atom is -0.484 e. The van der Waals surface area contributed by atoms with Crippen molar-refractivity contribution in [3.8, 4) is 5.75 Å². The third-order valence-corrected chi connectivity index (χ3v) is 3.76. The molecule has 3 rings (SSSR count). The summed E-state index contributed by atoms with van der Waals surface area (Å²) in [4.78, 5) is 4.19. The van der Waals surface area contributed by atoms with Gasteiger partial charge in [0.05, 0.1) is 43.0 Å². The zero-order valence-corrected chi connectivity index (χ0v) is 11.9. The van der Waals surface area contributed by atoms with Gasteiger partial charge in [-0.1, -0.05) is 0 Å². The van der Waals surface area contributed by atoms with Gasteiger partial charge in [0.2, 0.25) is 0 Å². The first-order valence-electron chi connectivity index (χ1n) is 8.92. The van der Waals surface area contributed by atoms with Gasteiger partial charge < -0.3 is 18.8 Å². The Hall–Kier alpha value is -1.11. The molecule has 108 valence electrons. The van der Waals surface area contributed by atoms with E-state index < -0.39 is 37.5 Å². The van der Waals surface area contributed by atoms with Gasteiger partial charge in [0.25, 0.3) is 0 Å². The molecule has 0 unspecified atom stereocenters. The zero-order valence-electron chi connectivity index (χ0n) is 16.9. The highest BCUT2D eigenvalue weighted by Crippen LogP contribution is 2.36. The summed E-state index contributed by atoms with van der Waals surface area (Å²) in [6, 6.07) is 3.04. The fourth-order valence-electron chi connectivity index (χ4n) is 1.81. The van der Waals surface area contributed by atoms with Crippen molar-refractivity contribution in [3.63, 3.8) is 0 Å². The lowest BCUT2D eigenvalue weighted by molar-refractivity contribution is -0.0797. The zero-order chi connectivity index (χ0) is 18.9. The summed E-state index contributed by atoms with van der Waals surface area (Å²) in [5.74, 6) is 0.0475. The Balaban J connectivity index is 1.76. The van der Waals surface area contributed by atoms with Crippen LogP contribution in [-0.2, 0) is 14.0 Å². The molecule has 0 bridgehead atoms. The lowest BCUT2D eigenvalue weighted by atomic mass is 9.84. The third-order valence-electron chi connectivity index (χ3n) is 3.76. The minimum atomic E-state index is -2.57. The van der Waals surface area contributed by atoms with E-state index in [2.05, 4.69) is 9.72 Å². The van der Waals surface area contributed by atoms with Gasteiger partial charge in [-0.15, -0.1) is 0 Å².